The van der Waals surface area contributed by atoms with E-state index >= 15 is 0 Å². The number of nitrogens with one attached hydrogen (secondary N) is 1. The molecule has 3 heterocycles. The summed E-state index contributed by atoms with van der Waals surface area (Å²) in [6.45, 7) is 9.10. The van der Waals surface area contributed by atoms with Crippen molar-refractivity contribution in [1.29, 1.82) is 0 Å². The first-order valence-corrected chi connectivity index (χ1v) is 7.34. The minimum Gasteiger partial charge on any atom is -0.465 e. The van der Waals surface area contributed by atoms with Crippen LogP contribution < -0.4 is 5.32 Å². The normalized spacial score (nSPS) is 32.0. The molecule has 1 aromatic rings. The van der Waals surface area contributed by atoms with E-state index in [4.69, 9.17) is 4.42 Å². The van der Waals surface area contributed by atoms with Crippen molar-refractivity contribution in [1.82, 2.24) is 10.2 Å². The number of rotatable bonds is 4. The van der Waals surface area contributed by atoms with Crippen molar-refractivity contribution >= 4 is 0 Å². The molecule has 0 bridgehead atoms. The monoisotopic (exact) mass is 248 g/mol. The van der Waals surface area contributed by atoms with Crippen molar-refractivity contribution in [2.45, 2.75) is 39.3 Å². The molecule has 2 aliphatic rings. The third-order valence-corrected chi connectivity index (χ3v) is 4.67. The van der Waals surface area contributed by atoms with Gasteiger partial charge in [-0.2, -0.15) is 0 Å². The quantitative estimate of drug-likeness (QED) is 0.886. The van der Waals surface area contributed by atoms with E-state index in [1.54, 1.807) is 0 Å². The molecule has 3 unspecified atom stereocenters. The maximum atomic E-state index is 5.85. The molecule has 2 aliphatic heterocycles. The Hall–Kier alpha value is -0.800. The van der Waals surface area contributed by atoms with Gasteiger partial charge in [-0.25, -0.2) is 0 Å². The third kappa shape index (κ3) is 2.10. The fraction of sp³-hybridized carbons (Fsp3) is 0.733. The van der Waals surface area contributed by atoms with Crippen molar-refractivity contribution in [2.75, 3.05) is 19.6 Å². The van der Waals surface area contributed by atoms with Crippen LogP contribution in [0.5, 0.6) is 0 Å². The number of aryl methyl sites for hydroxylation is 1. The standard InChI is InChI=1S/C15H24N2O/c1-3-12-5-6-13(18-12)10-17-9-11-7-16-8-14(11)15(17)4-2/h5-6,11,14-16H,3-4,7-10H2,1-2H3. The Morgan fingerprint density at radius 1 is 1.28 bits per heavy atom. The van der Waals surface area contributed by atoms with Crippen molar-refractivity contribution in [3.05, 3.63) is 23.7 Å². The van der Waals surface area contributed by atoms with Crippen LogP contribution >= 0.6 is 0 Å². The largest absolute Gasteiger partial charge is 0.465 e. The Kier molecular flexibility index (Phi) is 3.44. The summed E-state index contributed by atoms with van der Waals surface area (Å²) in [4.78, 5) is 2.63. The van der Waals surface area contributed by atoms with Crippen molar-refractivity contribution < 1.29 is 4.42 Å². The molecule has 0 saturated carbocycles. The molecule has 18 heavy (non-hydrogen) atoms. The predicted molar refractivity (Wildman–Crippen MR) is 72.4 cm³/mol. The van der Waals surface area contributed by atoms with Crippen LogP contribution in [0.25, 0.3) is 0 Å². The molecule has 3 atom stereocenters. The summed E-state index contributed by atoms with van der Waals surface area (Å²) in [5.74, 6) is 3.96. The lowest BCUT2D eigenvalue weighted by molar-refractivity contribution is 0.194. The number of fused-ring (bicyclic) bond motifs is 1. The highest BCUT2D eigenvalue weighted by Crippen LogP contribution is 2.35. The van der Waals surface area contributed by atoms with Crippen LogP contribution in [0.4, 0.5) is 0 Å². The van der Waals surface area contributed by atoms with Crippen LogP contribution in [-0.2, 0) is 13.0 Å². The zero-order valence-electron chi connectivity index (χ0n) is 11.5. The SMILES string of the molecule is CCc1ccc(CN2CC3CNCC3C2CC)o1. The van der Waals surface area contributed by atoms with E-state index in [0.29, 0.717) is 0 Å². The highest BCUT2D eigenvalue weighted by atomic mass is 16.3. The smallest absolute Gasteiger partial charge is 0.118 e. The zero-order valence-corrected chi connectivity index (χ0v) is 11.5. The van der Waals surface area contributed by atoms with Crippen LogP contribution in [0.2, 0.25) is 0 Å². The van der Waals surface area contributed by atoms with E-state index < -0.39 is 0 Å². The molecule has 3 heteroatoms. The molecule has 2 fully saturated rings. The van der Waals surface area contributed by atoms with Crippen LogP contribution in [-0.4, -0.2) is 30.6 Å². The molecule has 2 saturated heterocycles. The van der Waals surface area contributed by atoms with E-state index in [-0.39, 0.29) is 0 Å². The maximum Gasteiger partial charge on any atom is 0.118 e. The lowest BCUT2D eigenvalue weighted by atomic mass is 9.93. The molecular formula is C15H24N2O. The van der Waals surface area contributed by atoms with E-state index in [1.807, 2.05) is 0 Å². The number of furan rings is 1. The number of hydrogen-bond acceptors (Lipinski definition) is 3. The Labute approximate surface area is 110 Å². The van der Waals surface area contributed by atoms with Crippen molar-refractivity contribution in [3.8, 4) is 0 Å². The van der Waals surface area contributed by atoms with Gasteiger partial charge in [0.05, 0.1) is 6.54 Å². The summed E-state index contributed by atoms with van der Waals surface area (Å²) in [6, 6.07) is 5.01. The Balaban J connectivity index is 1.68. The van der Waals surface area contributed by atoms with Gasteiger partial charge in [-0.1, -0.05) is 13.8 Å². The van der Waals surface area contributed by atoms with Gasteiger partial charge >= 0.3 is 0 Å². The molecule has 1 N–H and O–H groups in total. The van der Waals surface area contributed by atoms with Gasteiger partial charge in [0, 0.05) is 19.0 Å². The topological polar surface area (TPSA) is 28.4 Å². The second-order valence-corrected chi connectivity index (χ2v) is 5.71. The van der Waals surface area contributed by atoms with Crippen molar-refractivity contribution in [2.24, 2.45) is 11.8 Å². The van der Waals surface area contributed by atoms with Crippen molar-refractivity contribution in [3.63, 3.8) is 0 Å². The summed E-state index contributed by atoms with van der Waals surface area (Å²) < 4.78 is 5.85. The summed E-state index contributed by atoms with van der Waals surface area (Å²) in [5, 5.41) is 3.54. The minimum absolute atomic E-state index is 0.736. The van der Waals surface area contributed by atoms with Gasteiger partial charge < -0.3 is 9.73 Å². The van der Waals surface area contributed by atoms with Gasteiger partial charge in [-0.15, -0.1) is 0 Å². The second-order valence-electron chi connectivity index (χ2n) is 5.71. The third-order valence-electron chi connectivity index (χ3n) is 4.67. The summed E-state index contributed by atoms with van der Waals surface area (Å²) >= 11 is 0. The van der Waals surface area contributed by atoms with E-state index in [9.17, 15) is 0 Å². The van der Waals surface area contributed by atoms with Crippen LogP contribution in [0.1, 0.15) is 31.8 Å². The molecule has 0 spiro atoms. The Morgan fingerprint density at radius 3 is 2.83 bits per heavy atom. The van der Waals surface area contributed by atoms with Gasteiger partial charge in [-0.05, 0) is 43.5 Å². The van der Waals surface area contributed by atoms with E-state index in [1.165, 1.54) is 26.1 Å². The van der Waals surface area contributed by atoms with Crippen LogP contribution in [0, 0.1) is 11.8 Å². The lowest BCUT2D eigenvalue weighted by Crippen LogP contribution is -2.34. The molecule has 0 amide bonds. The van der Waals surface area contributed by atoms with Gasteiger partial charge in [0.25, 0.3) is 0 Å². The highest BCUT2D eigenvalue weighted by Gasteiger charge is 2.43. The Bertz CT molecular complexity index is 401. The fourth-order valence-electron chi connectivity index (χ4n) is 3.75. The van der Waals surface area contributed by atoms with Gasteiger partial charge in [0.15, 0.2) is 0 Å². The minimum atomic E-state index is 0.736. The number of likely N-dealkylation sites (tertiary alicyclic amines) is 1. The lowest BCUT2D eigenvalue weighted by Gasteiger charge is -2.25. The average Bonchev–Trinajstić information content (AvgIpc) is 3.04. The van der Waals surface area contributed by atoms with Crippen LogP contribution in [0.3, 0.4) is 0 Å². The highest BCUT2D eigenvalue weighted by molar-refractivity contribution is 5.08. The number of hydrogen-bond donors (Lipinski definition) is 1. The van der Waals surface area contributed by atoms with Gasteiger partial charge in [-0.3, -0.25) is 4.90 Å². The molecular weight excluding hydrogens is 224 g/mol. The molecule has 0 radical (unpaired) electrons. The summed E-state index contributed by atoms with van der Waals surface area (Å²) in [7, 11) is 0. The second kappa shape index (κ2) is 5.06. The molecule has 0 aliphatic carbocycles. The molecule has 3 rings (SSSR count). The van der Waals surface area contributed by atoms with E-state index in [2.05, 4.69) is 36.2 Å². The molecule has 0 aromatic carbocycles. The Morgan fingerprint density at radius 2 is 2.11 bits per heavy atom. The summed E-state index contributed by atoms with van der Waals surface area (Å²) in [6.07, 6.45) is 2.25. The maximum absolute atomic E-state index is 5.85. The van der Waals surface area contributed by atoms with E-state index in [0.717, 1.165) is 42.4 Å². The van der Waals surface area contributed by atoms with Crippen LogP contribution in [0.15, 0.2) is 16.5 Å². The first-order valence-electron chi connectivity index (χ1n) is 7.34. The number of nitrogens with zero attached hydrogens (tertiary/aromatic N) is 1. The van der Waals surface area contributed by atoms with Gasteiger partial charge in [0.2, 0.25) is 0 Å². The molecule has 3 nitrogen and oxygen atoms in total. The predicted octanol–water partition coefficient (Wildman–Crippen LogP) is 2.27. The zero-order chi connectivity index (χ0) is 12.5. The summed E-state index contributed by atoms with van der Waals surface area (Å²) in [5.41, 5.74) is 0. The first kappa shape index (κ1) is 12.2. The average molecular weight is 248 g/mol. The first-order chi connectivity index (χ1) is 8.81. The molecule has 100 valence electrons. The molecule has 1 aromatic heterocycles. The van der Waals surface area contributed by atoms with Gasteiger partial charge in [0.1, 0.15) is 11.5 Å². The fourth-order valence-corrected chi connectivity index (χ4v) is 3.75.